The average molecular weight is 597 g/mol. The largest absolute Gasteiger partial charge is 0.542 e. The van der Waals surface area contributed by atoms with E-state index in [0.717, 1.165) is 12.1 Å². The fraction of sp³-hybridized carbons (Fsp3) is 0.0909. The number of aromatic nitrogens is 4. The molecule has 0 aliphatic rings. The van der Waals surface area contributed by atoms with E-state index in [1.54, 1.807) is 36.7 Å². The summed E-state index contributed by atoms with van der Waals surface area (Å²) < 4.78 is 106. The monoisotopic (exact) mass is 597 g/mol. The van der Waals surface area contributed by atoms with Crippen molar-refractivity contribution in [3.8, 4) is 11.4 Å². The van der Waals surface area contributed by atoms with Crippen LogP contribution in [0, 0.1) is 17.5 Å². The fourth-order valence-corrected chi connectivity index (χ4v) is 2.74. The van der Waals surface area contributed by atoms with Crippen molar-refractivity contribution in [2.24, 2.45) is 0 Å². The van der Waals surface area contributed by atoms with E-state index in [2.05, 4.69) is 20.3 Å². The van der Waals surface area contributed by atoms with Gasteiger partial charge in [-0.1, -0.05) is 6.07 Å². The lowest BCUT2D eigenvalue weighted by Crippen LogP contribution is -2.37. The molecule has 41 heavy (non-hydrogen) atoms. The smallest absolute Gasteiger partial charge is 0.430 e. The van der Waals surface area contributed by atoms with Gasteiger partial charge in [0.05, 0.1) is 12.4 Å². The molecule has 0 unspecified atom stereocenters. The Morgan fingerprint density at radius 2 is 1.46 bits per heavy atom. The fourth-order valence-electron chi connectivity index (χ4n) is 2.74. The summed E-state index contributed by atoms with van der Waals surface area (Å²) in [6.07, 6.45) is -5.82. The van der Waals surface area contributed by atoms with Gasteiger partial charge in [-0.05, 0) is 29.2 Å². The van der Waals surface area contributed by atoms with Crippen LogP contribution in [-0.4, -0.2) is 40.2 Å². The molecule has 0 saturated carbocycles. The lowest BCUT2D eigenvalue weighted by molar-refractivity contribution is -0.498. The number of hydrogen-bond donors (Lipinski definition) is 2. The standard InChI is InChI=1S/C18H10F3N5O.2C2HF3O2/c19-11-5-4-10(14(20)15(11)21)17-25-16(12-3-1-2-8-26(12)17)18(27)24-13-6-7-22-9-23-13;2*3-2(4,5)1(6)7/h1-9H,(H,22,23,24,27);2*(H,6,7). The van der Waals surface area contributed by atoms with Crippen LogP contribution in [0.3, 0.4) is 0 Å². The maximum atomic E-state index is 14.3. The minimum absolute atomic E-state index is 0.0986. The number of pyridine rings is 1. The van der Waals surface area contributed by atoms with E-state index in [1.165, 1.54) is 10.7 Å². The summed E-state index contributed by atoms with van der Waals surface area (Å²) in [5.74, 6) is -10.3. The molecule has 1 aromatic carbocycles. The molecular weight excluding hydrogens is 585 g/mol. The molecular formula is C22H12F9N5O5. The topological polar surface area (TPSA) is 156 Å². The number of halogens is 9. The van der Waals surface area contributed by atoms with Crippen molar-refractivity contribution in [3.05, 3.63) is 78.3 Å². The quantitative estimate of drug-likeness (QED) is 0.203. The van der Waals surface area contributed by atoms with Gasteiger partial charge < -0.3 is 19.8 Å². The highest BCUT2D eigenvalue weighted by Crippen LogP contribution is 2.24. The second kappa shape index (κ2) is 12.7. The third-order valence-electron chi connectivity index (χ3n) is 4.44. The number of anilines is 1. The van der Waals surface area contributed by atoms with Gasteiger partial charge in [0.15, 0.2) is 23.0 Å². The second-order valence-corrected chi connectivity index (χ2v) is 7.20. The van der Waals surface area contributed by atoms with Crippen LogP contribution in [0.4, 0.5) is 45.3 Å². The maximum absolute atomic E-state index is 14.3. The summed E-state index contributed by atoms with van der Waals surface area (Å²) in [6.45, 7) is 0. The molecule has 0 atom stereocenters. The van der Waals surface area contributed by atoms with Crippen molar-refractivity contribution in [2.45, 2.75) is 12.4 Å². The molecule has 0 fully saturated rings. The third-order valence-corrected chi connectivity index (χ3v) is 4.44. The summed E-state index contributed by atoms with van der Waals surface area (Å²) in [6, 6.07) is 8.49. The summed E-state index contributed by atoms with van der Waals surface area (Å²) in [5.41, 5.74) is 0.336. The van der Waals surface area contributed by atoms with Gasteiger partial charge in [-0.2, -0.15) is 30.7 Å². The average Bonchev–Trinajstić information content (AvgIpc) is 3.27. The zero-order chi connectivity index (χ0) is 31.1. The number of carboxylic acids is 2. The van der Waals surface area contributed by atoms with Crippen LogP contribution < -0.4 is 24.9 Å². The predicted molar refractivity (Wildman–Crippen MR) is 110 cm³/mol. The number of carbonyl (C=O) groups is 3. The lowest BCUT2D eigenvalue weighted by atomic mass is 10.2. The lowest BCUT2D eigenvalue weighted by Gasteiger charge is -2.03. The minimum atomic E-state index is -5.19. The first-order chi connectivity index (χ1) is 18.9. The van der Waals surface area contributed by atoms with Gasteiger partial charge in [-0.15, -0.1) is 0 Å². The first-order valence-corrected chi connectivity index (χ1v) is 10.3. The molecule has 3 heterocycles. The molecule has 3 aromatic heterocycles. The Morgan fingerprint density at radius 1 is 0.878 bits per heavy atom. The number of H-pyrrole nitrogens is 2. The Labute approximate surface area is 220 Å². The number of benzene rings is 1. The molecule has 19 heteroatoms. The van der Waals surface area contributed by atoms with Gasteiger partial charge in [-0.25, -0.2) is 18.2 Å². The number of amides is 1. The zero-order valence-corrected chi connectivity index (χ0v) is 19.5. The molecule has 0 bridgehead atoms. The summed E-state index contributed by atoms with van der Waals surface area (Å²) >= 11 is 0. The van der Waals surface area contributed by atoms with Crippen LogP contribution in [0.15, 0.2) is 55.1 Å². The molecule has 0 aliphatic heterocycles. The van der Waals surface area contributed by atoms with Gasteiger partial charge in [0.1, 0.15) is 17.5 Å². The minimum Gasteiger partial charge on any atom is -0.542 e. The highest BCUT2D eigenvalue weighted by molar-refractivity contribution is 6.06. The number of imidazole rings is 1. The van der Waals surface area contributed by atoms with Crippen LogP contribution in [0.1, 0.15) is 10.5 Å². The van der Waals surface area contributed by atoms with Crippen LogP contribution in [-0.2, 0) is 9.59 Å². The number of carbonyl (C=O) groups excluding carboxylic acids is 3. The van der Waals surface area contributed by atoms with Gasteiger partial charge in [-0.3, -0.25) is 15.1 Å². The van der Waals surface area contributed by atoms with Crippen molar-refractivity contribution in [1.82, 2.24) is 9.97 Å². The van der Waals surface area contributed by atoms with E-state index in [-0.39, 0.29) is 17.1 Å². The first-order valence-electron chi connectivity index (χ1n) is 10.3. The van der Waals surface area contributed by atoms with Crippen LogP contribution >= 0.6 is 0 Å². The SMILES string of the molecule is O=C(Nc1cc[nH+]cn1)c1[nH]c(-c2ccc(F)c(F)c2F)[n+]2ccccc12.O=C([O-])C(F)(F)F.O=C([O-])C(F)(F)F. The van der Waals surface area contributed by atoms with Crippen molar-refractivity contribution >= 4 is 29.2 Å². The van der Waals surface area contributed by atoms with E-state index in [4.69, 9.17) is 19.8 Å². The third kappa shape index (κ3) is 8.38. The molecule has 0 radical (unpaired) electrons. The number of fused-ring (bicyclic) bond motifs is 1. The van der Waals surface area contributed by atoms with Gasteiger partial charge in [0.2, 0.25) is 5.69 Å². The van der Waals surface area contributed by atoms with E-state index >= 15 is 0 Å². The summed E-state index contributed by atoms with van der Waals surface area (Å²) in [5, 5.41) is 20.2. The van der Waals surface area contributed by atoms with Crippen molar-refractivity contribution in [1.29, 1.82) is 0 Å². The second-order valence-electron chi connectivity index (χ2n) is 7.20. The summed E-state index contributed by atoms with van der Waals surface area (Å²) in [7, 11) is 0. The van der Waals surface area contributed by atoms with Crippen molar-refractivity contribution in [3.63, 3.8) is 0 Å². The van der Waals surface area contributed by atoms with E-state index in [1.807, 2.05) is 0 Å². The molecule has 0 aliphatic carbocycles. The number of alkyl halides is 6. The Morgan fingerprint density at radius 3 is 1.98 bits per heavy atom. The molecule has 4 aromatic rings. The summed E-state index contributed by atoms with van der Waals surface area (Å²) in [4.78, 5) is 39.7. The Balaban J connectivity index is 0.000000349. The molecule has 10 nitrogen and oxygen atoms in total. The Hall–Kier alpha value is -5.23. The molecule has 0 spiro atoms. The number of aromatic amines is 2. The normalized spacial score (nSPS) is 11.0. The Kier molecular flexibility index (Phi) is 9.95. The van der Waals surface area contributed by atoms with Gasteiger partial charge >= 0.3 is 18.3 Å². The number of carboxylic acid groups (broad SMARTS) is 2. The van der Waals surface area contributed by atoms with Crippen LogP contribution in [0.5, 0.6) is 0 Å². The molecule has 0 saturated heterocycles. The zero-order valence-electron chi connectivity index (χ0n) is 19.5. The van der Waals surface area contributed by atoms with E-state index < -0.39 is 47.7 Å². The number of nitrogens with one attached hydrogen (secondary N) is 3. The van der Waals surface area contributed by atoms with Gasteiger partial charge in [0.25, 0.3) is 18.0 Å². The number of rotatable bonds is 3. The molecule has 218 valence electrons. The number of hydrogen-bond acceptors (Lipinski definition) is 6. The van der Waals surface area contributed by atoms with Crippen LogP contribution in [0.25, 0.3) is 16.9 Å². The van der Waals surface area contributed by atoms with E-state index in [9.17, 15) is 44.3 Å². The number of nitrogens with zero attached hydrogens (tertiary/aromatic N) is 2. The Bertz CT molecular complexity index is 1530. The highest BCUT2D eigenvalue weighted by atomic mass is 19.4. The van der Waals surface area contributed by atoms with Crippen molar-refractivity contribution < 1.29 is 73.5 Å². The molecule has 3 N–H and O–H groups in total. The molecule has 4 rings (SSSR count). The number of aliphatic carboxylic acids is 2. The van der Waals surface area contributed by atoms with E-state index in [0.29, 0.717) is 11.3 Å². The maximum Gasteiger partial charge on any atom is 0.430 e. The first kappa shape index (κ1) is 32.0. The van der Waals surface area contributed by atoms with Crippen molar-refractivity contribution in [2.75, 3.05) is 5.32 Å². The van der Waals surface area contributed by atoms with Crippen LogP contribution in [0.2, 0.25) is 0 Å². The van der Waals surface area contributed by atoms with Gasteiger partial charge in [0, 0.05) is 6.07 Å². The predicted octanol–water partition coefficient (Wildman–Crippen LogP) is 0.896. The highest BCUT2D eigenvalue weighted by Gasteiger charge is 2.30. The molecule has 1 amide bonds.